The SMILES string of the molecule is N/C(=N/O)c1ccc(Br)cc1Sc1ncccc1Cl. The zero-order valence-electron chi connectivity index (χ0n) is 9.55. The summed E-state index contributed by atoms with van der Waals surface area (Å²) in [5.74, 6) is 0.0436. The minimum atomic E-state index is 0.0436. The monoisotopic (exact) mass is 357 g/mol. The third-order valence-corrected chi connectivity index (χ3v) is 4.25. The first-order chi connectivity index (χ1) is 9.11. The zero-order chi connectivity index (χ0) is 13.8. The molecule has 0 radical (unpaired) electrons. The maximum absolute atomic E-state index is 8.80. The summed E-state index contributed by atoms with van der Waals surface area (Å²) >= 11 is 10.8. The van der Waals surface area contributed by atoms with E-state index in [-0.39, 0.29) is 5.84 Å². The van der Waals surface area contributed by atoms with Gasteiger partial charge in [0, 0.05) is 21.1 Å². The number of pyridine rings is 1. The summed E-state index contributed by atoms with van der Waals surface area (Å²) < 4.78 is 0.886. The van der Waals surface area contributed by atoms with E-state index < -0.39 is 0 Å². The van der Waals surface area contributed by atoms with E-state index in [0.29, 0.717) is 15.6 Å². The molecule has 1 aromatic heterocycles. The molecule has 0 aliphatic rings. The van der Waals surface area contributed by atoms with Crippen LogP contribution in [-0.4, -0.2) is 16.0 Å². The molecule has 1 heterocycles. The Kier molecular flexibility index (Phi) is 4.68. The normalized spacial score (nSPS) is 11.6. The molecule has 0 amide bonds. The third-order valence-electron chi connectivity index (χ3n) is 2.26. The number of benzene rings is 1. The molecule has 2 rings (SSSR count). The first-order valence-electron chi connectivity index (χ1n) is 5.17. The minimum absolute atomic E-state index is 0.0436. The fourth-order valence-electron chi connectivity index (χ4n) is 1.40. The summed E-state index contributed by atoms with van der Waals surface area (Å²) in [6.07, 6.45) is 1.66. The Labute approximate surface area is 127 Å². The summed E-state index contributed by atoms with van der Waals surface area (Å²) in [5, 5.41) is 13.0. The highest BCUT2D eigenvalue weighted by molar-refractivity contribution is 9.10. The van der Waals surface area contributed by atoms with Gasteiger partial charge in [-0.3, -0.25) is 0 Å². The smallest absolute Gasteiger partial charge is 0.171 e. The first-order valence-corrected chi connectivity index (χ1v) is 7.16. The van der Waals surface area contributed by atoms with Crippen LogP contribution in [0.3, 0.4) is 0 Å². The van der Waals surface area contributed by atoms with Crippen molar-refractivity contribution in [2.75, 3.05) is 0 Å². The first kappa shape index (κ1) is 14.2. The highest BCUT2D eigenvalue weighted by Gasteiger charge is 2.11. The summed E-state index contributed by atoms with van der Waals surface area (Å²) in [5.41, 5.74) is 6.28. The van der Waals surface area contributed by atoms with Gasteiger partial charge in [-0.05, 0) is 30.3 Å². The fraction of sp³-hybridized carbons (Fsp3) is 0. The molecule has 0 aliphatic heterocycles. The number of aromatic nitrogens is 1. The molecular weight excluding hydrogens is 350 g/mol. The molecule has 0 aliphatic carbocycles. The van der Waals surface area contributed by atoms with E-state index >= 15 is 0 Å². The van der Waals surface area contributed by atoms with Crippen molar-refractivity contribution in [3.8, 4) is 0 Å². The van der Waals surface area contributed by atoms with Crippen molar-refractivity contribution in [3.05, 3.63) is 51.6 Å². The quantitative estimate of drug-likeness (QED) is 0.379. The Morgan fingerprint density at radius 2 is 2.21 bits per heavy atom. The fourth-order valence-corrected chi connectivity index (χ4v) is 3.10. The van der Waals surface area contributed by atoms with Crippen LogP contribution in [0.1, 0.15) is 5.56 Å². The molecule has 0 unspecified atom stereocenters. The van der Waals surface area contributed by atoms with Crippen LogP contribution in [0, 0.1) is 0 Å². The Morgan fingerprint density at radius 3 is 2.89 bits per heavy atom. The van der Waals surface area contributed by atoms with E-state index in [1.54, 1.807) is 24.4 Å². The van der Waals surface area contributed by atoms with E-state index in [0.717, 1.165) is 9.37 Å². The van der Waals surface area contributed by atoms with Crippen LogP contribution in [0.5, 0.6) is 0 Å². The lowest BCUT2D eigenvalue weighted by Gasteiger charge is -2.08. The molecular formula is C12H9BrClN3OS. The Balaban J connectivity index is 2.44. The molecule has 0 saturated carbocycles. The predicted octanol–water partition coefficient (Wildman–Crippen LogP) is 3.74. The van der Waals surface area contributed by atoms with E-state index in [9.17, 15) is 0 Å². The van der Waals surface area contributed by atoms with Gasteiger partial charge in [-0.2, -0.15) is 0 Å². The maximum Gasteiger partial charge on any atom is 0.171 e. The third kappa shape index (κ3) is 3.40. The molecule has 0 atom stereocenters. The molecule has 0 bridgehead atoms. The van der Waals surface area contributed by atoms with Crippen LogP contribution in [0.2, 0.25) is 5.02 Å². The summed E-state index contributed by atoms with van der Waals surface area (Å²) in [6.45, 7) is 0. The summed E-state index contributed by atoms with van der Waals surface area (Å²) in [4.78, 5) is 5.00. The lowest BCUT2D eigenvalue weighted by molar-refractivity contribution is 0.318. The minimum Gasteiger partial charge on any atom is -0.409 e. The van der Waals surface area contributed by atoms with Gasteiger partial charge in [0.1, 0.15) is 5.03 Å². The van der Waals surface area contributed by atoms with Crippen LogP contribution in [0.25, 0.3) is 0 Å². The van der Waals surface area contributed by atoms with Crippen molar-refractivity contribution in [2.45, 2.75) is 9.92 Å². The van der Waals surface area contributed by atoms with Crippen LogP contribution in [-0.2, 0) is 0 Å². The number of amidine groups is 1. The average molecular weight is 359 g/mol. The molecule has 0 spiro atoms. The van der Waals surface area contributed by atoms with E-state index in [4.69, 9.17) is 22.5 Å². The Bertz CT molecular complexity index is 636. The van der Waals surface area contributed by atoms with Crippen molar-refractivity contribution in [2.24, 2.45) is 10.9 Å². The van der Waals surface area contributed by atoms with Gasteiger partial charge < -0.3 is 10.9 Å². The van der Waals surface area contributed by atoms with Gasteiger partial charge in [0.15, 0.2) is 5.84 Å². The van der Waals surface area contributed by atoms with Crippen molar-refractivity contribution >= 4 is 45.1 Å². The molecule has 2 aromatic rings. The zero-order valence-corrected chi connectivity index (χ0v) is 12.7. The second-order valence-electron chi connectivity index (χ2n) is 3.52. The number of hydrogen-bond donors (Lipinski definition) is 2. The van der Waals surface area contributed by atoms with Crippen LogP contribution >= 0.6 is 39.3 Å². The van der Waals surface area contributed by atoms with Gasteiger partial charge in [-0.15, -0.1) is 0 Å². The number of halogens is 2. The van der Waals surface area contributed by atoms with Crippen molar-refractivity contribution in [1.82, 2.24) is 4.98 Å². The van der Waals surface area contributed by atoms with Crippen LogP contribution in [0.4, 0.5) is 0 Å². The number of nitrogens with zero attached hydrogens (tertiary/aromatic N) is 2. The van der Waals surface area contributed by atoms with E-state index in [1.807, 2.05) is 12.1 Å². The van der Waals surface area contributed by atoms with Gasteiger partial charge >= 0.3 is 0 Å². The maximum atomic E-state index is 8.80. The second kappa shape index (κ2) is 6.27. The number of hydrogen-bond acceptors (Lipinski definition) is 4. The average Bonchev–Trinajstić information content (AvgIpc) is 2.41. The van der Waals surface area contributed by atoms with Gasteiger partial charge in [-0.1, -0.05) is 44.4 Å². The Hall–Kier alpha value is -1.24. The largest absolute Gasteiger partial charge is 0.409 e. The predicted molar refractivity (Wildman–Crippen MR) is 80.0 cm³/mol. The standard InChI is InChI=1S/C12H9BrClN3OS/c13-7-3-4-8(11(15)17-18)10(6-7)19-12-9(14)2-1-5-16-12/h1-6,18H,(H2,15,17). The number of rotatable bonds is 3. The molecule has 4 nitrogen and oxygen atoms in total. The molecule has 3 N–H and O–H groups in total. The molecule has 98 valence electrons. The molecule has 7 heteroatoms. The van der Waals surface area contributed by atoms with Crippen molar-refractivity contribution < 1.29 is 5.21 Å². The molecule has 19 heavy (non-hydrogen) atoms. The summed E-state index contributed by atoms with van der Waals surface area (Å²) in [7, 11) is 0. The number of oxime groups is 1. The van der Waals surface area contributed by atoms with Gasteiger partial charge in [0.05, 0.1) is 5.02 Å². The molecule has 0 saturated heterocycles. The van der Waals surface area contributed by atoms with Gasteiger partial charge in [0.25, 0.3) is 0 Å². The lowest BCUT2D eigenvalue weighted by atomic mass is 10.2. The van der Waals surface area contributed by atoms with Crippen LogP contribution < -0.4 is 5.73 Å². The van der Waals surface area contributed by atoms with E-state index in [2.05, 4.69) is 26.1 Å². The lowest BCUT2D eigenvalue weighted by Crippen LogP contribution is -2.14. The summed E-state index contributed by atoms with van der Waals surface area (Å²) in [6, 6.07) is 8.97. The molecule has 1 aromatic carbocycles. The highest BCUT2D eigenvalue weighted by Crippen LogP contribution is 2.34. The molecule has 0 fully saturated rings. The second-order valence-corrected chi connectivity index (χ2v) is 5.87. The number of nitrogens with two attached hydrogens (primary N) is 1. The van der Waals surface area contributed by atoms with Crippen molar-refractivity contribution in [1.29, 1.82) is 0 Å². The van der Waals surface area contributed by atoms with Crippen molar-refractivity contribution in [3.63, 3.8) is 0 Å². The Morgan fingerprint density at radius 1 is 1.42 bits per heavy atom. The topological polar surface area (TPSA) is 71.5 Å². The van der Waals surface area contributed by atoms with Gasteiger partial charge in [-0.25, -0.2) is 4.98 Å². The van der Waals surface area contributed by atoms with Gasteiger partial charge in [0.2, 0.25) is 0 Å². The van der Waals surface area contributed by atoms with E-state index in [1.165, 1.54) is 11.8 Å². The van der Waals surface area contributed by atoms with Crippen LogP contribution in [0.15, 0.2) is 56.1 Å². The highest BCUT2D eigenvalue weighted by atomic mass is 79.9.